The molecule has 1 aromatic rings. The van der Waals surface area contributed by atoms with Crippen LogP contribution in [0.3, 0.4) is 0 Å². The Morgan fingerprint density at radius 2 is 2.21 bits per heavy atom. The van der Waals surface area contributed by atoms with Gasteiger partial charge in [0.05, 0.1) is 5.56 Å². The molecule has 0 aromatic carbocycles. The minimum atomic E-state index is -0.390. The maximum absolute atomic E-state index is 11.4. The first kappa shape index (κ1) is 14.0. The maximum Gasteiger partial charge on any atom is 0.249 e. The van der Waals surface area contributed by atoms with E-state index in [2.05, 4.69) is 10.6 Å². The minimum absolute atomic E-state index is 0.149. The second-order valence-corrected chi connectivity index (χ2v) is 5.78. The topological polar surface area (TPSA) is 84.2 Å². The molecule has 0 saturated heterocycles. The van der Waals surface area contributed by atoms with Crippen molar-refractivity contribution in [1.29, 1.82) is 0 Å². The van der Waals surface area contributed by atoms with Gasteiger partial charge >= 0.3 is 0 Å². The van der Waals surface area contributed by atoms with E-state index in [4.69, 9.17) is 5.73 Å². The molecule has 1 fully saturated rings. The van der Waals surface area contributed by atoms with E-state index in [0.29, 0.717) is 24.6 Å². The van der Waals surface area contributed by atoms with Gasteiger partial charge in [-0.25, -0.2) is 0 Å². The lowest BCUT2D eigenvalue weighted by molar-refractivity contribution is -0.121. The molecule has 0 radical (unpaired) electrons. The fraction of sp³-hybridized carbons (Fsp3) is 0.538. The van der Waals surface area contributed by atoms with Gasteiger partial charge in [-0.05, 0) is 31.9 Å². The number of amides is 2. The summed E-state index contributed by atoms with van der Waals surface area (Å²) in [7, 11) is 0. The highest BCUT2D eigenvalue weighted by Crippen LogP contribution is 2.18. The lowest BCUT2D eigenvalue weighted by Crippen LogP contribution is -2.26. The van der Waals surface area contributed by atoms with E-state index >= 15 is 0 Å². The summed E-state index contributed by atoms with van der Waals surface area (Å²) in [6.45, 7) is 1.50. The van der Waals surface area contributed by atoms with Gasteiger partial charge in [0.15, 0.2) is 0 Å². The summed E-state index contributed by atoms with van der Waals surface area (Å²) >= 11 is 1.52. The van der Waals surface area contributed by atoms with Crippen LogP contribution in [0, 0.1) is 0 Å². The van der Waals surface area contributed by atoms with Crippen LogP contribution >= 0.6 is 11.3 Å². The van der Waals surface area contributed by atoms with E-state index in [1.54, 1.807) is 11.4 Å². The number of rotatable bonds is 8. The Kier molecular flexibility index (Phi) is 4.93. The van der Waals surface area contributed by atoms with E-state index in [9.17, 15) is 9.59 Å². The number of hydrogen-bond donors (Lipinski definition) is 3. The van der Waals surface area contributed by atoms with Crippen LogP contribution in [0.2, 0.25) is 0 Å². The zero-order chi connectivity index (χ0) is 13.7. The third kappa shape index (κ3) is 5.00. The molecule has 1 aromatic heterocycles. The van der Waals surface area contributed by atoms with Crippen molar-refractivity contribution in [2.45, 2.75) is 38.3 Å². The molecule has 0 spiro atoms. The van der Waals surface area contributed by atoms with Crippen LogP contribution in [0.25, 0.3) is 0 Å². The van der Waals surface area contributed by atoms with Crippen LogP contribution < -0.4 is 16.4 Å². The van der Waals surface area contributed by atoms with Gasteiger partial charge in [-0.3, -0.25) is 9.59 Å². The molecular weight excluding hydrogens is 262 g/mol. The Morgan fingerprint density at radius 3 is 2.84 bits per heavy atom. The first-order valence-electron chi connectivity index (χ1n) is 6.52. The molecule has 6 heteroatoms. The Hall–Kier alpha value is -1.40. The number of primary amides is 1. The van der Waals surface area contributed by atoms with Crippen LogP contribution in [0.4, 0.5) is 0 Å². The van der Waals surface area contributed by atoms with Gasteiger partial charge in [-0.2, -0.15) is 0 Å². The lowest BCUT2D eigenvalue weighted by Gasteiger charge is -2.04. The SMILES string of the molecule is NC(=O)c1csc(CNCCCC(=O)NC2CC2)c1. The standard InChI is InChI=1S/C13H19N3O2S/c14-13(18)9-6-11(19-8-9)7-15-5-1-2-12(17)16-10-3-4-10/h6,8,10,15H,1-5,7H2,(H2,14,18)(H,16,17). The van der Waals surface area contributed by atoms with Crippen LogP contribution in [0.1, 0.15) is 40.9 Å². The molecule has 4 N–H and O–H groups in total. The van der Waals surface area contributed by atoms with E-state index in [-0.39, 0.29) is 11.8 Å². The highest BCUT2D eigenvalue weighted by molar-refractivity contribution is 7.10. The monoisotopic (exact) mass is 281 g/mol. The average molecular weight is 281 g/mol. The fourth-order valence-electron chi connectivity index (χ4n) is 1.72. The average Bonchev–Trinajstić information content (AvgIpc) is 3.04. The largest absolute Gasteiger partial charge is 0.366 e. The molecule has 104 valence electrons. The van der Waals surface area contributed by atoms with Crippen molar-refractivity contribution >= 4 is 23.2 Å². The molecule has 0 aliphatic heterocycles. The van der Waals surface area contributed by atoms with Gasteiger partial charge in [0, 0.05) is 29.3 Å². The third-order valence-corrected chi connectivity index (χ3v) is 3.87. The molecular formula is C13H19N3O2S. The molecule has 19 heavy (non-hydrogen) atoms. The molecule has 1 aliphatic rings. The number of nitrogens with two attached hydrogens (primary N) is 1. The van der Waals surface area contributed by atoms with E-state index in [0.717, 1.165) is 30.7 Å². The highest BCUT2D eigenvalue weighted by Gasteiger charge is 2.22. The van der Waals surface area contributed by atoms with Crippen molar-refractivity contribution in [1.82, 2.24) is 10.6 Å². The summed E-state index contributed by atoms with van der Waals surface area (Å²) < 4.78 is 0. The molecule has 0 unspecified atom stereocenters. The Balaban J connectivity index is 1.55. The van der Waals surface area contributed by atoms with Crippen molar-refractivity contribution in [2.75, 3.05) is 6.54 Å². The van der Waals surface area contributed by atoms with Gasteiger partial charge < -0.3 is 16.4 Å². The van der Waals surface area contributed by atoms with Crippen LogP contribution in [0.5, 0.6) is 0 Å². The second-order valence-electron chi connectivity index (χ2n) is 4.79. The Morgan fingerprint density at radius 1 is 1.42 bits per heavy atom. The van der Waals surface area contributed by atoms with Crippen molar-refractivity contribution in [3.8, 4) is 0 Å². The smallest absolute Gasteiger partial charge is 0.249 e. The first-order chi connectivity index (χ1) is 9.15. The quantitative estimate of drug-likeness (QED) is 0.621. The van der Waals surface area contributed by atoms with Gasteiger partial charge in [0.25, 0.3) is 0 Å². The summed E-state index contributed by atoms with van der Waals surface area (Å²) in [5.41, 5.74) is 5.75. The predicted molar refractivity (Wildman–Crippen MR) is 74.9 cm³/mol. The number of carbonyl (C=O) groups is 2. The van der Waals surface area contributed by atoms with E-state index in [1.807, 2.05) is 0 Å². The van der Waals surface area contributed by atoms with Crippen LogP contribution in [-0.2, 0) is 11.3 Å². The third-order valence-electron chi connectivity index (χ3n) is 2.94. The predicted octanol–water partition coefficient (Wildman–Crippen LogP) is 0.995. The lowest BCUT2D eigenvalue weighted by atomic mass is 10.3. The summed E-state index contributed by atoms with van der Waals surface area (Å²) in [6, 6.07) is 2.25. The van der Waals surface area contributed by atoms with Crippen LogP contribution in [0.15, 0.2) is 11.4 Å². The number of thiophene rings is 1. The maximum atomic E-state index is 11.4. The fourth-order valence-corrected chi connectivity index (χ4v) is 2.56. The second kappa shape index (κ2) is 6.68. The summed E-state index contributed by atoms with van der Waals surface area (Å²) in [5, 5.41) is 7.99. The van der Waals surface area contributed by atoms with Crippen molar-refractivity contribution in [2.24, 2.45) is 5.73 Å². The number of hydrogen-bond acceptors (Lipinski definition) is 4. The minimum Gasteiger partial charge on any atom is -0.366 e. The van der Waals surface area contributed by atoms with Gasteiger partial charge in [-0.15, -0.1) is 11.3 Å². The van der Waals surface area contributed by atoms with E-state index < -0.39 is 0 Å². The van der Waals surface area contributed by atoms with E-state index in [1.165, 1.54) is 11.3 Å². The van der Waals surface area contributed by atoms with Crippen molar-refractivity contribution in [3.63, 3.8) is 0 Å². The normalized spacial score (nSPS) is 14.3. The summed E-state index contributed by atoms with van der Waals surface area (Å²) in [4.78, 5) is 23.4. The summed E-state index contributed by atoms with van der Waals surface area (Å²) in [6.07, 6.45) is 3.65. The zero-order valence-electron chi connectivity index (χ0n) is 10.8. The molecule has 2 amide bonds. The molecule has 1 heterocycles. The number of carbonyl (C=O) groups excluding carboxylic acids is 2. The van der Waals surface area contributed by atoms with Gasteiger partial charge in [0.1, 0.15) is 0 Å². The van der Waals surface area contributed by atoms with Crippen molar-refractivity contribution < 1.29 is 9.59 Å². The molecule has 0 atom stereocenters. The molecule has 1 saturated carbocycles. The van der Waals surface area contributed by atoms with Gasteiger partial charge in [-0.1, -0.05) is 0 Å². The molecule has 0 bridgehead atoms. The Bertz CT molecular complexity index is 454. The molecule has 1 aliphatic carbocycles. The summed E-state index contributed by atoms with van der Waals surface area (Å²) in [5.74, 6) is -0.240. The first-order valence-corrected chi connectivity index (χ1v) is 7.40. The Labute approximate surface area is 116 Å². The zero-order valence-corrected chi connectivity index (χ0v) is 11.6. The van der Waals surface area contributed by atoms with Gasteiger partial charge in [0.2, 0.25) is 11.8 Å². The number of nitrogens with one attached hydrogen (secondary N) is 2. The molecule has 5 nitrogen and oxygen atoms in total. The van der Waals surface area contributed by atoms with Crippen molar-refractivity contribution in [3.05, 3.63) is 21.9 Å². The molecule has 2 rings (SSSR count). The van der Waals surface area contributed by atoms with Crippen LogP contribution in [-0.4, -0.2) is 24.4 Å². The highest BCUT2D eigenvalue weighted by atomic mass is 32.1.